The normalized spacial score (nSPS) is 16.7. The van der Waals surface area contributed by atoms with Crippen LogP contribution in [0.3, 0.4) is 0 Å². The molecule has 0 amide bonds. The van der Waals surface area contributed by atoms with Crippen LogP contribution in [0, 0.1) is 18.6 Å². The van der Waals surface area contributed by atoms with Crippen molar-refractivity contribution in [2.75, 3.05) is 26.8 Å². The maximum atomic E-state index is 13.7. The quantitative estimate of drug-likeness (QED) is 0.550. The number of aliphatic imine (C=N–C) groups is 1. The van der Waals surface area contributed by atoms with E-state index in [-0.39, 0.29) is 6.10 Å². The molecule has 1 fully saturated rings. The summed E-state index contributed by atoms with van der Waals surface area (Å²) in [4.78, 5) is 4.19. The smallest absolute Gasteiger partial charge is 0.191 e. The van der Waals surface area contributed by atoms with Gasteiger partial charge < -0.3 is 20.1 Å². The lowest BCUT2D eigenvalue weighted by Gasteiger charge is -2.18. The fourth-order valence-corrected chi connectivity index (χ4v) is 3.16. The molecule has 156 valence electrons. The van der Waals surface area contributed by atoms with E-state index in [1.807, 2.05) is 25.1 Å². The SMILES string of the molecule is CN=C(NCCc1cccc(F)c1F)NCc1ccc(C)cc1OC1CCOC1. The van der Waals surface area contributed by atoms with Gasteiger partial charge in [-0.2, -0.15) is 0 Å². The number of rotatable bonds is 7. The Balaban J connectivity index is 1.54. The highest BCUT2D eigenvalue weighted by Crippen LogP contribution is 2.23. The summed E-state index contributed by atoms with van der Waals surface area (Å²) in [5.74, 6) is -0.207. The summed E-state index contributed by atoms with van der Waals surface area (Å²) in [6.07, 6.45) is 1.32. The molecule has 0 spiro atoms. The summed E-state index contributed by atoms with van der Waals surface area (Å²) in [6, 6.07) is 10.3. The Morgan fingerprint density at radius 1 is 1.21 bits per heavy atom. The number of ether oxygens (including phenoxy) is 2. The molecular formula is C22H27F2N3O2. The van der Waals surface area contributed by atoms with Crippen molar-refractivity contribution in [3.8, 4) is 5.75 Å². The molecule has 0 bridgehead atoms. The van der Waals surface area contributed by atoms with Gasteiger partial charge in [-0.3, -0.25) is 4.99 Å². The van der Waals surface area contributed by atoms with E-state index < -0.39 is 11.6 Å². The zero-order valence-electron chi connectivity index (χ0n) is 16.8. The van der Waals surface area contributed by atoms with Gasteiger partial charge in [0, 0.05) is 32.1 Å². The minimum Gasteiger partial charge on any atom is -0.488 e. The number of hydrogen-bond donors (Lipinski definition) is 2. The van der Waals surface area contributed by atoms with Crippen LogP contribution in [0.15, 0.2) is 41.4 Å². The molecule has 1 aliphatic heterocycles. The van der Waals surface area contributed by atoms with Crippen LogP contribution in [0.5, 0.6) is 5.75 Å². The molecule has 1 saturated heterocycles. The minimum atomic E-state index is -0.829. The number of halogens is 2. The van der Waals surface area contributed by atoms with Crippen LogP contribution in [0.1, 0.15) is 23.1 Å². The van der Waals surface area contributed by atoms with Gasteiger partial charge in [0.1, 0.15) is 11.9 Å². The Morgan fingerprint density at radius 3 is 2.83 bits per heavy atom. The average molecular weight is 403 g/mol. The van der Waals surface area contributed by atoms with E-state index in [0.717, 1.165) is 36.0 Å². The second-order valence-corrected chi connectivity index (χ2v) is 7.03. The van der Waals surface area contributed by atoms with Crippen molar-refractivity contribution in [1.82, 2.24) is 10.6 Å². The number of nitrogens with one attached hydrogen (secondary N) is 2. The first kappa shape index (κ1) is 21.0. The van der Waals surface area contributed by atoms with Gasteiger partial charge in [0.2, 0.25) is 0 Å². The molecule has 29 heavy (non-hydrogen) atoms. The highest BCUT2D eigenvalue weighted by Gasteiger charge is 2.18. The fourth-order valence-electron chi connectivity index (χ4n) is 3.16. The molecule has 7 heteroatoms. The first-order valence-electron chi connectivity index (χ1n) is 9.78. The van der Waals surface area contributed by atoms with Crippen molar-refractivity contribution < 1.29 is 18.3 Å². The maximum absolute atomic E-state index is 13.7. The average Bonchev–Trinajstić information content (AvgIpc) is 3.22. The Hall–Kier alpha value is -2.67. The van der Waals surface area contributed by atoms with E-state index in [9.17, 15) is 8.78 Å². The zero-order chi connectivity index (χ0) is 20.6. The van der Waals surface area contributed by atoms with Gasteiger partial charge in [-0.25, -0.2) is 8.78 Å². The summed E-state index contributed by atoms with van der Waals surface area (Å²) in [5.41, 5.74) is 2.48. The summed E-state index contributed by atoms with van der Waals surface area (Å²) in [7, 11) is 1.67. The van der Waals surface area contributed by atoms with Gasteiger partial charge in [0.05, 0.1) is 13.2 Å². The third-order valence-corrected chi connectivity index (χ3v) is 4.79. The number of benzene rings is 2. The first-order valence-corrected chi connectivity index (χ1v) is 9.78. The van der Waals surface area contributed by atoms with E-state index in [1.54, 1.807) is 13.1 Å². The lowest BCUT2D eigenvalue weighted by atomic mass is 10.1. The number of guanidine groups is 1. The number of hydrogen-bond acceptors (Lipinski definition) is 3. The molecule has 0 aromatic heterocycles. The van der Waals surface area contributed by atoms with Gasteiger partial charge in [-0.05, 0) is 36.6 Å². The summed E-state index contributed by atoms with van der Waals surface area (Å²) in [6.45, 7) is 4.32. The summed E-state index contributed by atoms with van der Waals surface area (Å²) in [5, 5.41) is 6.37. The molecule has 1 heterocycles. The zero-order valence-corrected chi connectivity index (χ0v) is 16.8. The number of aryl methyl sites for hydroxylation is 1. The predicted octanol–water partition coefficient (Wildman–Crippen LogP) is 3.35. The summed E-state index contributed by atoms with van der Waals surface area (Å²) < 4.78 is 38.6. The van der Waals surface area contributed by atoms with E-state index in [4.69, 9.17) is 9.47 Å². The predicted molar refractivity (Wildman–Crippen MR) is 109 cm³/mol. The van der Waals surface area contributed by atoms with Gasteiger partial charge in [-0.15, -0.1) is 0 Å². The van der Waals surface area contributed by atoms with E-state index in [2.05, 4.69) is 15.6 Å². The first-order chi connectivity index (χ1) is 14.1. The lowest BCUT2D eigenvalue weighted by Crippen LogP contribution is -2.38. The summed E-state index contributed by atoms with van der Waals surface area (Å²) >= 11 is 0. The molecule has 1 unspecified atom stereocenters. The second-order valence-electron chi connectivity index (χ2n) is 7.03. The third kappa shape index (κ3) is 5.90. The Bertz CT molecular complexity index is 852. The molecule has 0 aliphatic carbocycles. The van der Waals surface area contributed by atoms with E-state index in [0.29, 0.717) is 37.6 Å². The Kier molecular flexibility index (Phi) is 7.41. The van der Waals surface area contributed by atoms with Crippen molar-refractivity contribution in [2.45, 2.75) is 32.4 Å². The second kappa shape index (κ2) is 10.2. The molecule has 0 saturated carbocycles. The molecular weight excluding hydrogens is 376 g/mol. The monoisotopic (exact) mass is 403 g/mol. The third-order valence-electron chi connectivity index (χ3n) is 4.79. The molecule has 2 aromatic rings. The molecule has 3 rings (SSSR count). The van der Waals surface area contributed by atoms with Crippen LogP contribution in [-0.4, -0.2) is 38.9 Å². The standard InChI is InChI=1S/C22H27F2N3O2/c1-15-6-7-17(20(12-15)29-18-9-11-28-14-18)13-27-22(25-2)26-10-8-16-4-3-5-19(23)21(16)24/h3-7,12,18H,8-11,13-14H2,1-2H3,(H2,25,26,27). The van der Waals surface area contributed by atoms with E-state index in [1.165, 1.54) is 6.07 Å². The van der Waals surface area contributed by atoms with Gasteiger partial charge in [0.25, 0.3) is 0 Å². The van der Waals surface area contributed by atoms with Gasteiger partial charge in [0.15, 0.2) is 17.6 Å². The lowest BCUT2D eigenvalue weighted by molar-refractivity contribution is 0.140. The van der Waals surface area contributed by atoms with Crippen LogP contribution in [0.4, 0.5) is 8.78 Å². The molecule has 2 N–H and O–H groups in total. The number of nitrogens with zero attached hydrogens (tertiary/aromatic N) is 1. The maximum Gasteiger partial charge on any atom is 0.191 e. The van der Waals surface area contributed by atoms with Crippen molar-refractivity contribution in [3.05, 3.63) is 64.7 Å². The van der Waals surface area contributed by atoms with Crippen LogP contribution in [0.25, 0.3) is 0 Å². The minimum absolute atomic E-state index is 0.0779. The van der Waals surface area contributed by atoms with E-state index >= 15 is 0 Å². The van der Waals surface area contributed by atoms with Crippen LogP contribution in [-0.2, 0) is 17.7 Å². The van der Waals surface area contributed by atoms with Crippen LogP contribution in [0.2, 0.25) is 0 Å². The molecule has 1 atom stereocenters. The van der Waals surface area contributed by atoms with Crippen molar-refractivity contribution >= 4 is 5.96 Å². The largest absolute Gasteiger partial charge is 0.488 e. The molecule has 2 aromatic carbocycles. The van der Waals surface area contributed by atoms with Crippen molar-refractivity contribution in [3.63, 3.8) is 0 Å². The Labute approximate surface area is 170 Å². The molecule has 0 radical (unpaired) electrons. The van der Waals surface area contributed by atoms with Crippen LogP contribution < -0.4 is 15.4 Å². The van der Waals surface area contributed by atoms with Crippen molar-refractivity contribution in [1.29, 1.82) is 0 Å². The van der Waals surface area contributed by atoms with Gasteiger partial charge in [-0.1, -0.05) is 24.3 Å². The molecule has 1 aliphatic rings. The highest BCUT2D eigenvalue weighted by atomic mass is 19.2. The Morgan fingerprint density at radius 2 is 2.07 bits per heavy atom. The van der Waals surface area contributed by atoms with Crippen LogP contribution >= 0.6 is 0 Å². The van der Waals surface area contributed by atoms with Gasteiger partial charge >= 0.3 is 0 Å². The van der Waals surface area contributed by atoms with Crippen molar-refractivity contribution in [2.24, 2.45) is 4.99 Å². The molecule has 5 nitrogen and oxygen atoms in total. The highest BCUT2D eigenvalue weighted by molar-refractivity contribution is 5.79. The fraction of sp³-hybridized carbons (Fsp3) is 0.409. The topological polar surface area (TPSA) is 54.9 Å².